The first-order chi connectivity index (χ1) is 15.3. The lowest BCUT2D eigenvalue weighted by molar-refractivity contribution is -0.385. The number of para-hydroxylation sites is 1. The van der Waals surface area contributed by atoms with E-state index >= 15 is 0 Å². The van der Waals surface area contributed by atoms with Crippen molar-refractivity contribution < 1.29 is 14.5 Å². The summed E-state index contributed by atoms with van der Waals surface area (Å²) in [5.74, 6) is -1.12. The number of hydrazone groups is 1. The number of anilines is 1. The van der Waals surface area contributed by atoms with Gasteiger partial charge in [-0.15, -0.1) is 0 Å². The minimum absolute atomic E-state index is 0.102. The fraction of sp³-hybridized carbons (Fsp3) is 0.0455. The molecule has 0 aliphatic heterocycles. The van der Waals surface area contributed by atoms with E-state index in [1.807, 2.05) is 0 Å². The van der Waals surface area contributed by atoms with Crippen molar-refractivity contribution in [3.63, 3.8) is 0 Å². The highest BCUT2D eigenvalue weighted by atomic mass is 35.5. The third kappa shape index (κ3) is 5.48. The Morgan fingerprint density at radius 1 is 0.938 bits per heavy atom. The molecule has 3 rings (SSSR count). The molecule has 3 aromatic carbocycles. The Morgan fingerprint density at radius 2 is 1.69 bits per heavy atom. The number of hydrogen-bond acceptors (Lipinski definition) is 5. The predicted octanol–water partition coefficient (Wildman–Crippen LogP) is 5.31. The molecule has 3 aromatic rings. The molecule has 0 aliphatic rings. The number of hydrogen-bond donors (Lipinski definition) is 2. The Labute approximate surface area is 193 Å². The third-order valence-electron chi connectivity index (χ3n) is 4.38. The van der Waals surface area contributed by atoms with Crippen LogP contribution in [0.1, 0.15) is 33.2 Å². The van der Waals surface area contributed by atoms with Crippen molar-refractivity contribution in [1.82, 2.24) is 5.43 Å². The van der Waals surface area contributed by atoms with Crippen molar-refractivity contribution in [3.8, 4) is 0 Å². The van der Waals surface area contributed by atoms with E-state index in [9.17, 15) is 19.7 Å². The Hall–Kier alpha value is -3.75. The normalized spacial score (nSPS) is 11.0. The van der Waals surface area contributed by atoms with Crippen LogP contribution >= 0.6 is 23.2 Å². The van der Waals surface area contributed by atoms with Crippen LogP contribution < -0.4 is 10.7 Å². The summed E-state index contributed by atoms with van der Waals surface area (Å²) in [4.78, 5) is 35.3. The average molecular weight is 471 g/mol. The summed E-state index contributed by atoms with van der Waals surface area (Å²) >= 11 is 11.9. The molecular formula is C22H16Cl2N4O4. The van der Waals surface area contributed by atoms with Gasteiger partial charge in [0.05, 0.1) is 21.2 Å². The first-order valence-corrected chi connectivity index (χ1v) is 9.96. The molecule has 2 amide bonds. The first kappa shape index (κ1) is 22.9. The van der Waals surface area contributed by atoms with Gasteiger partial charge in [0, 0.05) is 16.8 Å². The topological polar surface area (TPSA) is 114 Å². The summed E-state index contributed by atoms with van der Waals surface area (Å²) in [7, 11) is 0. The zero-order chi connectivity index (χ0) is 23.3. The van der Waals surface area contributed by atoms with Crippen molar-refractivity contribution in [3.05, 3.63) is 104 Å². The molecule has 0 unspecified atom stereocenters. The van der Waals surface area contributed by atoms with E-state index in [0.717, 1.165) is 0 Å². The first-order valence-electron chi connectivity index (χ1n) is 9.21. The highest BCUT2D eigenvalue weighted by molar-refractivity contribution is 6.37. The maximum Gasteiger partial charge on any atom is 0.282 e. The summed E-state index contributed by atoms with van der Waals surface area (Å²) in [5.41, 5.74) is 3.70. The number of carbonyl (C=O) groups excluding carboxylic acids is 2. The van der Waals surface area contributed by atoms with E-state index in [4.69, 9.17) is 23.2 Å². The molecule has 0 bridgehead atoms. The van der Waals surface area contributed by atoms with Crippen LogP contribution in [0, 0.1) is 10.1 Å². The molecule has 0 heterocycles. The smallest absolute Gasteiger partial charge is 0.282 e. The summed E-state index contributed by atoms with van der Waals surface area (Å²) in [6.45, 7) is 1.65. The third-order valence-corrected chi connectivity index (χ3v) is 4.93. The number of nitrogens with one attached hydrogen (secondary N) is 2. The van der Waals surface area contributed by atoms with Gasteiger partial charge in [0.1, 0.15) is 5.56 Å². The van der Waals surface area contributed by atoms with Gasteiger partial charge in [-0.2, -0.15) is 5.10 Å². The number of nitro groups is 1. The van der Waals surface area contributed by atoms with Gasteiger partial charge < -0.3 is 5.32 Å². The number of nitro benzene ring substituents is 1. The molecule has 10 heteroatoms. The fourth-order valence-corrected chi connectivity index (χ4v) is 3.27. The van der Waals surface area contributed by atoms with Crippen molar-refractivity contribution in [2.75, 3.05) is 5.32 Å². The molecule has 0 spiro atoms. The summed E-state index contributed by atoms with van der Waals surface area (Å²) in [6, 6.07) is 16.9. The molecule has 0 aromatic heterocycles. The molecule has 0 atom stereocenters. The van der Waals surface area contributed by atoms with Crippen molar-refractivity contribution >= 4 is 52.1 Å². The highest BCUT2D eigenvalue weighted by Gasteiger charge is 2.19. The molecule has 2 N–H and O–H groups in total. The second-order valence-electron chi connectivity index (χ2n) is 6.57. The van der Waals surface area contributed by atoms with E-state index in [1.54, 1.807) is 37.3 Å². The molecule has 0 radical (unpaired) electrons. The summed E-state index contributed by atoms with van der Waals surface area (Å²) < 4.78 is 0. The lowest BCUT2D eigenvalue weighted by Gasteiger charge is -2.09. The number of nitrogens with zero attached hydrogens (tertiary/aromatic N) is 2. The van der Waals surface area contributed by atoms with Crippen LogP contribution in [0.5, 0.6) is 0 Å². The minimum Gasteiger partial charge on any atom is -0.322 e. The Balaban J connectivity index is 1.74. The van der Waals surface area contributed by atoms with Gasteiger partial charge in [0.25, 0.3) is 17.5 Å². The summed E-state index contributed by atoms with van der Waals surface area (Å²) in [5, 5.41) is 18.5. The molecule has 0 fully saturated rings. The van der Waals surface area contributed by atoms with Crippen LogP contribution in [0.2, 0.25) is 10.0 Å². The fourth-order valence-electron chi connectivity index (χ4n) is 2.78. The van der Waals surface area contributed by atoms with E-state index < -0.39 is 16.7 Å². The number of amides is 2. The molecule has 0 saturated heterocycles. The lowest BCUT2D eigenvalue weighted by Crippen LogP contribution is -2.20. The van der Waals surface area contributed by atoms with Gasteiger partial charge in [0.2, 0.25) is 0 Å². The zero-order valence-corrected chi connectivity index (χ0v) is 18.1. The second-order valence-corrected chi connectivity index (χ2v) is 7.42. The van der Waals surface area contributed by atoms with Crippen LogP contribution in [0.15, 0.2) is 71.8 Å². The lowest BCUT2D eigenvalue weighted by atomic mass is 10.1. The SMILES string of the molecule is CC(=NNC(=O)c1ccccc1[N+](=O)[O-])c1cccc(NC(=O)c2ccc(Cl)cc2Cl)c1. The van der Waals surface area contributed by atoms with Gasteiger partial charge in [-0.1, -0.05) is 47.5 Å². The Morgan fingerprint density at radius 3 is 2.41 bits per heavy atom. The van der Waals surface area contributed by atoms with Crippen molar-refractivity contribution in [2.45, 2.75) is 6.92 Å². The molecule has 0 saturated carbocycles. The second kappa shape index (κ2) is 10.0. The molecule has 0 aliphatic carbocycles. The van der Waals surface area contributed by atoms with E-state index in [2.05, 4.69) is 15.8 Å². The van der Waals surface area contributed by atoms with E-state index in [-0.39, 0.29) is 21.8 Å². The number of benzene rings is 3. The minimum atomic E-state index is -0.710. The van der Waals surface area contributed by atoms with Crippen molar-refractivity contribution in [2.24, 2.45) is 5.10 Å². The van der Waals surface area contributed by atoms with Gasteiger partial charge in [0.15, 0.2) is 0 Å². The Bertz CT molecular complexity index is 1240. The van der Waals surface area contributed by atoms with E-state index in [0.29, 0.717) is 22.0 Å². The zero-order valence-electron chi connectivity index (χ0n) is 16.6. The highest BCUT2D eigenvalue weighted by Crippen LogP contribution is 2.22. The molecular weight excluding hydrogens is 455 g/mol. The standard InChI is InChI=1S/C22H16Cl2N4O4/c1-13(26-27-22(30)18-7-2-3-8-20(18)28(31)32)14-5-4-6-16(11-14)25-21(29)17-10-9-15(23)12-19(17)24/h2-12H,1H3,(H,25,29)(H,27,30). The van der Waals surface area contributed by atoms with Gasteiger partial charge >= 0.3 is 0 Å². The van der Waals surface area contributed by atoms with Crippen LogP contribution in [0.25, 0.3) is 0 Å². The molecule has 32 heavy (non-hydrogen) atoms. The number of rotatable bonds is 6. The largest absolute Gasteiger partial charge is 0.322 e. The van der Waals surface area contributed by atoms with Crippen LogP contribution in [0.4, 0.5) is 11.4 Å². The average Bonchev–Trinajstić information content (AvgIpc) is 2.77. The number of carbonyl (C=O) groups is 2. The van der Waals surface area contributed by atoms with Crippen molar-refractivity contribution in [1.29, 1.82) is 0 Å². The van der Waals surface area contributed by atoms with E-state index in [1.165, 1.54) is 36.4 Å². The monoisotopic (exact) mass is 470 g/mol. The Kier molecular flexibility index (Phi) is 7.19. The van der Waals surface area contributed by atoms with Crippen LogP contribution in [-0.2, 0) is 0 Å². The summed E-state index contributed by atoms with van der Waals surface area (Å²) in [6.07, 6.45) is 0. The molecule has 162 valence electrons. The van der Waals surface area contributed by atoms with Gasteiger partial charge in [-0.3, -0.25) is 19.7 Å². The predicted molar refractivity (Wildman–Crippen MR) is 124 cm³/mol. The quantitative estimate of drug-likeness (QED) is 0.288. The van der Waals surface area contributed by atoms with Crippen LogP contribution in [-0.4, -0.2) is 22.4 Å². The van der Waals surface area contributed by atoms with Gasteiger partial charge in [-0.25, -0.2) is 5.43 Å². The molecule has 8 nitrogen and oxygen atoms in total. The van der Waals surface area contributed by atoms with Crippen LogP contribution in [0.3, 0.4) is 0 Å². The number of halogens is 2. The maximum absolute atomic E-state index is 12.5. The van der Waals surface area contributed by atoms with Gasteiger partial charge in [-0.05, 0) is 48.9 Å². The maximum atomic E-state index is 12.5.